The van der Waals surface area contributed by atoms with Gasteiger partial charge in [0.05, 0.1) is 17.8 Å². The summed E-state index contributed by atoms with van der Waals surface area (Å²) in [7, 11) is 0. The topological polar surface area (TPSA) is 3.24 Å². The average molecular weight is 269 g/mol. The number of hydrogen-bond donors (Lipinski definition) is 0. The van der Waals surface area contributed by atoms with Crippen LogP contribution in [0.25, 0.3) is 0 Å². The van der Waals surface area contributed by atoms with Gasteiger partial charge in [0.25, 0.3) is 0 Å². The molecule has 0 aliphatic heterocycles. The van der Waals surface area contributed by atoms with Crippen LogP contribution in [-0.2, 0) is 12.7 Å². The summed E-state index contributed by atoms with van der Waals surface area (Å²) in [4.78, 5) is 0. The van der Waals surface area contributed by atoms with Crippen LogP contribution in [0.15, 0.2) is 54.6 Å². The van der Waals surface area contributed by atoms with Crippen molar-refractivity contribution in [2.24, 2.45) is 0 Å². The molecule has 19 heavy (non-hydrogen) atoms. The molecule has 0 N–H and O–H groups in total. The Balaban J connectivity index is 2.27. The standard InChI is InChI=1S/C14H11F4N/c15-14(16,17)12-8-4-5-9-13(12)19(18)10-11-6-2-1-3-7-11/h1-9H,10H2. The van der Waals surface area contributed by atoms with Crippen LogP contribution in [0.5, 0.6) is 0 Å². The Labute approximate surface area is 108 Å². The maximum Gasteiger partial charge on any atom is 0.418 e. The van der Waals surface area contributed by atoms with Crippen molar-refractivity contribution in [1.82, 2.24) is 0 Å². The molecule has 0 spiro atoms. The summed E-state index contributed by atoms with van der Waals surface area (Å²) in [5.41, 5.74) is -0.853. The molecule has 0 saturated carbocycles. The van der Waals surface area contributed by atoms with Crippen LogP contribution < -0.4 is 5.12 Å². The minimum atomic E-state index is -4.57. The molecule has 2 rings (SSSR count). The van der Waals surface area contributed by atoms with E-state index in [1.54, 1.807) is 30.3 Å². The van der Waals surface area contributed by atoms with Crippen LogP contribution >= 0.6 is 0 Å². The van der Waals surface area contributed by atoms with Crippen molar-refractivity contribution < 1.29 is 17.7 Å². The quantitative estimate of drug-likeness (QED) is 0.581. The molecular weight excluding hydrogens is 258 g/mol. The number of rotatable bonds is 3. The van der Waals surface area contributed by atoms with Crippen LogP contribution in [0.3, 0.4) is 0 Å². The molecule has 0 atom stereocenters. The number of nitrogens with zero attached hydrogens (tertiary/aromatic N) is 1. The number of alkyl halides is 3. The zero-order chi connectivity index (χ0) is 13.9. The molecule has 0 saturated heterocycles. The summed E-state index contributed by atoms with van der Waals surface area (Å²) in [6.07, 6.45) is -4.57. The fraction of sp³-hybridized carbons (Fsp3) is 0.143. The van der Waals surface area contributed by atoms with Gasteiger partial charge in [0.2, 0.25) is 0 Å². The Morgan fingerprint density at radius 2 is 1.42 bits per heavy atom. The molecule has 5 heteroatoms. The summed E-state index contributed by atoms with van der Waals surface area (Å²) < 4.78 is 52.2. The maximum atomic E-state index is 13.9. The molecule has 0 heterocycles. The van der Waals surface area contributed by atoms with Gasteiger partial charge in [-0.15, -0.1) is 0 Å². The van der Waals surface area contributed by atoms with Crippen molar-refractivity contribution in [1.29, 1.82) is 0 Å². The highest BCUT2D eigenvalue weighted by Gasteiger charge is 2.34. The second kappa shape index (κ2) is 5.30. The lowest BCUT2D eigenvalue weighted by molar-refractivity contribution is -0.137. The predicted octanol–water partition coefficient (Wildman–Crippen LogP) is 4.60. The van der Waals surface area contributed by atoms with E-state index in [9.17, 15) is 17.7 Å². The summed E-state index contributed by atoms with van der Waals surface area (Å²) in [5, 5.41) is 0.109. The number of halogens is 4. The highest BCUT2D eigenvalue weighted by Crippen LogP contribution is 2.36. The smallest absolute Gasteiger partial charge is 0.207 e. The Morgan fingerprint density at radius 3 is 2.05 bits per heavy atom. The van der Waals surface area contributed by atoms with E-state index < -0.39 is 17.4 Å². The first kappa shape index (κ1) is 13.4. The van der Waals surface area contributed by atoms with Crippen molar-refractivity contribution in [3.8, 4) is 0 Å². The van der Waals surface area contributed by atoms with Crippen LogP contribution in [0.2, 0.25) is 0 Å². The third kappa shape index (κ3) is 3.24. The molecule has 2 aromatic rings. The van der Waals surface area contributed by atoms with E-state index in [4.69, 9.17) is 0 Å². The molecule has 0 bridgehead atoms. The molecular formula is C14H11F4N. The predicted molar refractivity (Wildman–Crippen MR) is 65.2 cm³/mol. The van der Waals surface area contributed by atoms with E-state index in [1.165, 1.54) is 12.1 Å². The van der Waals surface area contributed by atoms with Gasteiger partial charge in [0, 0.05) is 0 Å². The SMILES string of the molecule is FN(Cc1ccccc1)c1ccccc1C(F)(F)F. The van der Waals surface area contributed by atoms with Crippen molar-refractivity contribution in [2.75, 3.05) is 5.12 Å². The van der Waals surface area contributed by atoms with E-state index in [2.05, 4.69) is 0 Å². The molecule has 2 aromatic carbocycles. The highest BCUT2D eigenvalue weighted by molar-refractivity contribution is 5.53. The van der Waals surface area contributed by atoms with Crippen LogP contribution in [0, 0.1) is 0 Å². The minimum absolute atomic E-state index is 0.109. The van der Waals surface area contributed by atoms with Gasteiger partial charge in [-0.1, -0.05) is 46.9 Å². The van der Waals surface area contributed by atoms with Crippen LogP contribution in [0.1, 0.15) is 11.1 Å². The third-order valence-electron chi connectivity index (χ3n) is 2.64. The van der Waals surface area contributed by atoms with E-state index >= 15 is 0 Å². The van der Waals surface area contributed by atoms with E-state index in [0.717, 1.165) is 12.1 Å². The van der Waals surface area contributed by atoms with Crippen molar-refractivity contribution >= 4 is 5.69 Å². The summed E-state index contributed by atoms with van der Waals surface area (Å²) in [6, 6.07) is 13.1. The van der Waals surface area contributed by atoms with E-state index in [1.807, 2.05) is 0 Å². The molecule has 0 unspecified atom stereocenters. The first-order chi connectivity index (χ1) is 8.98. The van der Waals surface area contributed by atoms with Gasteiger partial charge in [-0.25, -0.2) is 5.12 Å². The molecule has 0 aromatic heterocycles. The monoisotopic (exact) mass is 269 g/mol. The van der Waals surface area contributed by atoms with Crippen LogP contribution in [-0.4, -0.2) is 0 Å². The molecule has 0 aliphatic carbocycles. The first-order valence-corrected chi connectivity index (χ1v) is 5.62. The maximum absolute atomic E-state index is 13.9. The highest BCUT2D eigenvalue weighted by atomic mass is 19.4. The minimum Gasteiger partial charge on any atom is -0.207 e. The number of anilines is 1. The second-order valence-electron chi connectivity index (χ2n) is 4.02. The van der Waals surface area contributed by atoms with Gasteiger partial charge < -0.3 is 0 Å². The Hall–Kier alpha value is -2.04. The molecule has 0 fully saturated rings. The molecule has 1 nitrogen and oxygen atoms in total. The lowest BCUT2D eigenvalue weighted by Crippen LogP contribution is -2.17. The van der Waals surface area contributed by atoms with Crippen molar-refractivity contribution in [2.45, 2.75) is 12.7 Å². The van der Waals surface area contributed by atoms with Gasteiger partial charge in [-0.05, 0) is 17.7 Å². The molecule has 0 radical (unpaired) electrons. The van der Waals surface area contributed by atoms with Gasteiger partial charge in [-0.3, -0.25) is 0 Å². The molecule has 100 valence electrons. The van der Waals surface area contributed by atoms with Crippen LogP contribution in [0.4, 0.5) is 23.3 Å². The molecule has 0 aliphatic rings. The Morgan fingerprint density at radius 1 is 0.842 bits per heavy atom. The van der Waals surface area contributed by atoms with Crippen molar-refractivity contribution in [3.63, 3.8) is 0 Å². The zero-order valence-electron chi connectivity index (χ0n) is 9.86. The lowest BCUT2D eigenvalue weighted by Gasteiger charge is -2.19. The number of para-hydroxylation sites is 1. The fourth-order valence-electron chi connectivity index (χ4n) is 1.75. The Bertz CT molecular complexity index is 537. The normalized spacial score (nSPS) is 11.4. The molecule has 0 amide bonds. The average Bonchev–Trinajstić information content (AvgIpc) is 2.39. The number of benzene rings is 2. The lowest BCUT2D eigenvalue weighted by atomic mass is 10.1. The van der Waals surface area contributed by atoms with E-state index in [0.29, 0.717) is 5.56 Å². The second-order valence-corrected chi connectivity index (χ2v) is 4.02. The zero-order valence-corrected chi connectivity index (χ0v) is 9.86. The fourth-order valence-corrected chi connectivity index (χ4v) is 1.75. The van der Waals surface area contributed by atoms with Gasteiger partial charge in [0.1, 0.15) is 0 Å². The van der Waals surface area contributed by atoms with Gasteiger partial charge in [-0.2, -0.15) is 13.2 Å². The first-order valence-electron chi connectivity index (χ1n) is 5.62. The largest absolute Gasteiger partial charge is 0.418 e. The number of hydrogen-bond acceptors (Lipinski definition) is 1. The third-order valence-corrected chi connectivity index (χ3v) is 2.64. The van der Waals surface area contributed by atoms with Gasteiger partial charge >= 0.3 is 6.18 Å². The summed E-state index contributed by atoms with van der Waals surface area (Å²) >= 11 is 0. The van der Waals surface area contributed by atoms with Crippen molar-refractivity contribution in [3.05, 3.63) is 65.7 Å². The summed E-state index contributed by atoms with van der Waals surface area (Å²) in [5.74, 6) is 0. The Kier molecular flexibility index (Phi) is 3.74. The summed E-state index contributed by atoms with van der Waals surface area (Å²) in [6.45, 7) is -0.228. The van der Waals surface area contributed by atoms with Gasteiger partial charge in [0.15, 0.2) is 0 Å². The van der Waals surface area contributed by atoms with E-state index in [-0.39, 0.29) is 11.7 Å².